The third kappa shape index (κ3) is 4.99. The van der Waals surface area contributed by atoms with Gasteiger partial charge in [0.05, 0.1) is 20.3 Å². The first-order chi connectivity index (χ1) is 14.2. The van der Waals surface area contributed by atoms with E-state index >= 15 is 0 Å². The predicted octanol–water partition coefficient (Wildman–Crippen LogP) is 4.65. The molecule has 29 heavy (non-hydrogen) atoms. The molecule has 5 heteroatoms. The van der Waals surface area contributed by atoms with Crippen molar-refractivity contribution >= 4 is 12.0 Å². The summed E-state index contributed by atoms with van der Waals surface area (Å²) < 4.78 is 16.2. The molecule has 0 spiro atoms. The van der Waals surface area contributed by atoms with Crippen LogP contribution in [0.4, 0.5) is 0 Å². The first kappa shape index (κ1) is 20.5. The van der Waals surface area contributed by atoms with Gasteiger partial charge in [0.2, 0.25) is 5.91 Å². The molecule has 1 aliphatic heterocycles. The molecule has 3 rings (SSSR count). The Balaban J connectivity index is 1.71. The summed E-state index contributed by atoms with van der Waals surface area (Å²) >= 11 is 0. The summed E-state index contributed by atoms with van der Waals surface area (Å²) in [5, 5.41) is 0. The molecule has 0 radical (unpaired) electrons. The quantitative estimate of drug-likeness (QED) is 0.484. The molecule has 152 valence electrons. The van der Waals surface area contributed by atoms with Gasteiger partial charge in [-0.05, 0) is 54.3 Å². The van der Waals surface area contributed by atoms with Crippen molar-refractivity contribution in [2.75, 3.05) is 27.4 Å². The molecule has 1 fully saturated rings. The molecule has 2 aromatic carbocycles. The highest BCUT2D eigenvalue weighted by Crippen LogP contribution is 2.33. The van der Waals surface area contributed by atoms with Crippen molar-refractivity contribution in [1.82, 2.24) is 4.90 Å². The van der Waals surface area contributed by atoms with E-state index in [-0.39, 0.29) is 11.9 Å². The second-order valence-corrected chi connectivity index (χ2v) is 6.81. The molecule has 1 saturated heterocycles. The molecule has 2 aromatic rings. The van der Waals surface area contributed by atoms with Crippen LogP contribution in [0.15, 0.2) is 61.2 Å². The first-order valence-corrected chi connectivity index (χ1v) is 9.70. The normalized spacial score (nSPS) is 16.1. The lowest BCUT2D eigenvalue weighted by Gasteiger charge is -2.24. The Kier molecular flexibility index (Phi) is 6.95. The molecule has 0 aliphatic carbocycles. The van der Waals surface area contributed by atoms with Gasteiger partial charge < -0.3 is 19.1 Å². The Labute approximate surface area is 172 Å². The first-order valence-electron chi connectivity index (χ1n) is 9.70. The van der Waals surface area contributed by atoms with Gasteiger partial charge in [-0.3, -0.25) is 4.79 Å². The molecule has 0 saturated carbocycles. The number of methoxy groups -OCH3 is 2. The van der Waals surface area contributed by atoms with E-state index in [1.165, 1.54) is 0 Å². The fourth-order valence-corrected chi connectivity index (χ4v) is 3.52. The minimum absolute atomic E-state index is 0.00858. The minimum atomic E-state index is 0.00858. The van der Waals surface area contributed by atoms with Gasteiger partial charge >= 0.3 is 0 Å². The van der Waals surface area contributed by atoms with Crippen LogP contribution in [-0.2, 0) is 4.79 Å². The second kappa shape index (κ2) is 9.82. The predicted molar refractivity (Wildman–Crippen MR) is 114 cm³/mol. The van der Waals surface area contributed by atoms with Crippen molar-refractivity contribution in [3.8, 4) is 17.2 Å². The Bertz CT molecular complexity index is 873. The van der Waals surface area contributed by atoms with Crippen LogP contribution in [0.2, 0.25) is 0 Å². The Morgan fingerprint density at radius 1 is 1.14 bits per heavy atom. The maximum atomic E-state index is 12.8. The molecule has 1 atom stereocenters. The fourth-order valence-electron chi connectivity index (χ4n) is 3.52. The molecule has 1 unspecified atom stereocenters. The highest BCUT2D eigenvalue weighted by molar-refractivity contribution is 5.92. The zero-order valence-corrected chi connectivity index (χ0v) is 17.0. The average molecular weight is 393 g/mol. The van der Waals surface area contributed by atoms with Crippen LogP contribution < -0.4 is 14.2 Å². The maximum absolute atomic E-state index is 12.8. The van der Waals surface area contributed by atoms with E-state index in [0.717, 1.165) is 36.3 Å². The number of ether oxygens (including phenoxy) is 3. The van der Waals surface area contributed by atoms with E-state index in [1.807, 2.05) is 53.4 Å². The van der Waals surface area contributed by atoms with Gasteiger partial charge in [-0.15, -0.1) is 0 Å². The third-order valence-corrected chi connectivity index (χ3v) is 5.00. The van der Waals surface area contributed by atoms with Crippen molar-refractivity contribution in [3.63, 3.8) is 0 Å². The number of carbonyl (C=O) groups excluding carboxylic acids is 1. The second-order valence-electron chi connectivity index (χ2n) is 6.81. The summed E-state index contributed by atoms with van der Waals surface area (Å²) in [6.45, 7) is 4.82. The summed E-state index contributed by atoms with van der Waals surface area (Å²) in [5.74, 6) is 2.10. The molecule has 1 aliphatic rings. The van der Waals surface area contributed by atoms with E-state index in [0.29, 0.717) is 18.1 Å². The number of carbonyl (C=O) groups is 1. The summed E-state index contributed by atoms with van der Waals surface area (Å²) in [6, 6.07) is 13.6. The largest absolute Gasteiger partial charge is 0.497 e. The number of amides is 1. The van der Waals surface area contributed by atoms with Crippen molar-refractivity contribution in [2.24, 2.45) is 0 Å². The maximum Gasteiger partial charge on any atom is 0.247 e. The van der Waals surface area contributed by atoms with E-state index in [2.05, 4.69) is 6.58 Å². The van der Waals surface area contributed by atoms with Gasteiger partial charge in [-0.1, -0.05) is 30.9 Å². The smallest absolute Gasteiger partial charge is 0.247 e. The highest BCUT2D eigenvalue weighted by Gasteiger charge is 2.28. The summed E-state index contributed by atoms with van der Waals surface area (Å²) in [4.78, 5) is 14.8. The van der Waals surface area contributed by atoms with Gasteiger partial charge in [0, 0.05) is 12.6 Å². The number of hydrogen-bond acceptors (Lipinski definition) is 4. The molecule has 1 amide bonds. The van der Waals surface area contributed by atoms with Gasteiger partial charge in [0.25, 0.3) is 0 Å². The topological polar surface area (TPSA) is 48.0 Å². The van der Waals surface area contributed by atoms with Crippen LogP contribution in [0.3, 0.4) is 0 Å². The SMILES string of the molecule is C=CCOc1ccc(/C=C/C(=O)N2CCCC2c2ccc(OC)cc2)cc1OC. The van der Waals surface area contributed by atoms with Gasteiger partial charge in [0.1, 0.15) is 12.4 Å². The number of benzene rings is 2. The van der Waals surface area contributed by atoms with Crippen LogP contribution in [0, 0.1) is 0 Å². The lowest BCUT2D eigenvalue weighted by molar-refractivity contribution is -0.126. The molecular formula is C24H27NO4. The van der Waals surface area contributed by atoms with Crippen LogP contribution >= 0.6 is 0 Å². The Morgan fingerprint density at radius 2 is 1.93 bits per heavy atom. The zero-order chi connectivity index (χ0) is 20.6. The van der Waals surface area contributed by atoms with Crippen molar-refractivity contribution in [1.29, 1.82) is 0 Å². The fraction of sp³-hybridized carbons (Fsp3) is 0.292. The summed E-state index contributed by atoms with van der Waals surface area (Å²) in [5.41, 5.74) is 2.01. The van der Waals surface area contributed by atoms with E-state index in [4.69, 9.17) is 14.2 Å². The summed E-state index contributed by atoms with van der Waals surface area (Å²) in [7, 11) is 3.25. The monoisotopic (exact) mass is 393 g/mol. The van der Waals surface area contributed by atoms with Crippen molar-refractivity contribution in [2.45, 2.75) is 18.9 Å². The standard InChI is InChI=1S/C24H27NO4/c1-4-16-29-22-13-7-18(17-23(22)28-3)8-14-24(26)25-15-5-6-21(25)19-9-11-20(27-2)12-10-19/h4,7-14,17,21H,1,5-6,15-16H2,2-3H3/b14-8+. The van der Waals surface area contributed by atoms with E-state index in [1.54, 1.807) is 26.4 Å². The number of likely N-dealkylation sites (tertiary alicyclic amines) is 1. The molecular weight excluding hydrogens is 366 g/mol. The summed E-state index contributed by atoms with van der Waals surface area (Å²) in [6.07, 6.45) is 7.09. The van der Waals surface area contributed by atoms with Gasteiger partial charge in [0.15, 0.2) is 11.5 Å². The highest BCUT2D eigenvalue weighted by atomic mass is 16.5. The number of nitrogens with zero attached hydrogens (tertiary/aromatic N) is 1. The molecule has 0 N–H and O–H groups in total. The molecule has 0 aromatic heterocycles. The molecule has 5 nitrogen and oxygen atoms in total. The van der Waals surface area contributed by atoms with Crippen LogP contribution in [0.1, 0.15) is 30.0 Å². The number of rotatable bonds is 8. The van der Waals surface area contributed by atoms with Crippen LogP contribution in [0.25, 0.3) is 6.08 Å². The van der Waals surface area contributed by atoms with Crippen molar-refractivity contribution < 1.29 is 19.0 Å². The Morgan fingerprint density at radius 3 is 2.62 bits per heavy atom. The third-order valence-electron chi connectivity index (χ3n) is 5.00. The minimum Gasteiger partial charge on any atom is -0.497 e. The lowest BCUT2D eigenvalue weighted by atomic mass is 10.0. The van der Waals surface area contributed by atoms with Gasteiger partial charge in [-0.25, -0.2) is 0 Å². The van der Waals surface area contributed by atoms with E-state index in [9.17, 15) is 4.79 Å². The zero-order valence-electron chi connectivity index (χ0n) is 17.0. The number of hydrogen-bond donors (Lipinski definition) is 0. The van der Waals surface area contributed by atoms with Crippen LogP contribution in [-0.4, -0.2) is 38.2 Å². The Hall–Kier alpha value is -3.21. The van der Waals surface area contributed by atoms with Crippen molar-refractivity contribution in [3.05, 3.63) is 72.3 Å². The average Bonchev–Trinajstić information content (AvgIpc) is 3.26. The van der Waals surface area contributed by atoms with Gasteiger partial charge in [-0.2, -0.15) is 0 Å². The lowest BCUT2D eigenvalue weighted by Crippen LogP contribution is -2.28. The molecule has 1 heterocycles. The molecule has 0 bridgehead atoms. The van der Waals surface area contributed by atoms with E-state index < -0.39 is 0 Å². The van der Waals surface area contributed by atoms with Crippen LogP contribution in [0.5, 0.6) is 17.2 Å².